The Morgan fingerprint density at radius 2 is 1.51 bits per heavy atom. The van der Waals surface area contributed by atoms with Gasteiger partial charge in [-0.05, 0) is 47.9 Å². The number of carbonyl (C=O) groups is 5. The van der Waals surface area contributed by atoms with Crippen molar-refractivity contribution in [3.8, 4) is 11.1 Å². The molecule has 0 aromatic heterocycles. The van der Waals surface area contributed by atoms with Gasteiger partial charge in [0.05, 0.1) is 6.04 Å². The molecule has 0 bridgehead atoms. The normalized spacial score (nSPS) is 16.3. The number of amides is 4. The van der Waals surface area contributed by atoms with Crippen LogP contribution in [-0.2, 0) is 23.9 Å². The number of rotatable bonds is 18. The van der Waals surface area contributed by atoms with Gasteiger partial charge in [0.15, 0.2) is 5.78 Å². The van der Waals surface area contributed by atoms with E-state index < -0.39 is 42.1 Å². The molecule has 10 heteroatoms. The second-order valence-corrected chi connectivity index (χ2v) is 11.9. The summed E-state index contributed by atoms with van der Waals surface area (Å²) < 4.78 is 5.57. The van der Waals surface area contributed by atoms with Gasteiger partial charge in [0, 0.05) is 25.3 Å². The first-order chi connectivity index (χ1) is 21.8. The van der Waals surface area contributed by atoms with Crippen LogP contribution in [0.3, 0.4) is 0 Å². The fourth-order valence-corrected chi connectivity index (χ4v) is 6.19. The zero-order chi connectivity index (χ0) is 32.2. The summed E-state index contributed by atoms with van der Waals surface area (Å²) in [6.45, 7) is 2.67. The van der Waals surface area contributed by atoms with E-state index in [1.807, 2.05) is 24.3 Å². The Morgan fingerprint density at radius 1 is 0.889 bits per heavy atom. The molecule has 3 N–H and O–H groups in total. The van der Waals surface area contributed by atoms with Gasteiger partial charge in [0.2, 0.25) is 5.91 Å². The number of hydroxylamine groups is 2. The lowest BCUT2D eigenvalue weighted by molar-refractivity contribution is -0.172. The molecule has 242 valence electrons. The maximum Gasteiger partial charge on any atom is 0.407 e. The number of ketones is 1. The molecular weight excluding hydrogens is 574 g/mol. The average Bonchev–Trinajstić information content (AvgIpc) is 3.50. The number of Topliss-reactive ketones (excluding diaryl/α,β-unsaturated/α-hetero) is 1. The van der Waals surface area contributed by atoms with Crippen LogP contribution in [-0.4, -0.2) is 59.1 Å². The lowest BCUT2D eigenvalue weighted by Gasteiger charge is -2.20. The number of imide groups is 1. The summed E-state index contributed by atoms with van der Waals surface area (Å²) in [7, 11) is 0. The minimum atomic E-state index is -1.31. The van der Waals surface area contributed by atoms with Gasteiger partial charge >= 0.3 is 6.09 Å². The molecule has 45 heavy (non-hydrogen) atoms. The van der Waals surface area contributed by atoms with Gasteiger partial charge in [-0.2, -0.15) is 5.06 Å². The Labute approximate surface area is 264 Å². The van der Waals surface area contributed by atoms with E-state index in [0.29, 0.717) is 25.8 Å². The monoisotopic (exact) mass is 619 g/mol. The number of carbonyl (C=O) groups excluding carboxylic acids is 5. The first-order valence-corrected chi connectivity index (χ1v) is 16.3. The Hall–Kier alpha value is -4.05. The molecule has 1 aliphatic carbocycles. The molecule has 10 nitrogen and oxygen atoms in total. The molecular formula is C35H45N3O7. The highest BCUT2D eigenvalue weighted by Crippen LogP contribution is 2.44. The third-order valence-corrected chi connectivity index (χ3v) is 8.68. The molecule has 1 unspecified atom stereocenters. The van der Waals surface area contributed by atoms with Crippen molar-refractivity contribution in [3.63, 3.8) is 0 Å². The summed E-state index contributed by atoms with van der Waals surface area (Å²) in [5, 5.41) is 15.1. The lowest BCUT2D eigenvalue weighted by Crippen LogP contribution is -2.45. The summed E-state index contributed by atoms with van der Waals surface area (Å²) in [5.41, 5.74) is 4.55. The molecule has 2 atom stereocenters. The summed E-state index contributed by atoms with van der Waals surface area (Å²) in [6.07, 6.45) is 7.90. The SMILES string of the molecule is CCCCCCCCCC(=O)N[C@@H](CCCCNC(=O)OCC1c2ccccc2-c2ccccc21)C(=O)C1CC(=O)N(O)C1=O. The number of nitrogens with zero attached hydrogens (tertiary/aromatic N) is 1. The highest BCUT2D eigenvalue weighted by Gasteiger charge is 2.44. The van der Waals surface area contributed by atoms with Gasteiger partial charge in [-0.15, -0.1) is 0 Å². The molecule has 4 amide bonds. The van der Waals surface area contributed by atoms with E-state index in [-0.39, 0.29) is 36.3 Å². The van der Waals surface area contributed by atoms with Crippen LogP contribution >= 0.6 is 0 Å². The van der Waals surface area contributed by atoms with Crippen LogP contribution in [0.5, 0.6) is 0 Å². The Bertz CT molecular complexity index is 1310. The molecule has 2 aromatic carbocycles. The van der Waals surface area contributed by atoms with Gasteiger partial charge in [-0.25, -0.2) is 4.79 Å². The fourth-order valence-electron chi connectivity index (χ4n) is 6.19. The highest BCUT2D eigenvalue weighted by molar-refractivity contribution is 6.14. The lowest BCUT2D eigenvalue weighted by atomic mass is 9.93. The summed E-state index contributed by atoms with van der Waals surface area (Å²) >= 11 is 0. The number of alkyl carbamates (subject to hydrolysis) is 1. The van der Waals surface area contributed by atoms with E-state index in [4.69, 9.17) is 4.74 Å². The molecule has 1 aliphatic heterocycles. The summed E-state index contributed by atoms with van der Waals surface area (Å²) in [4.78, 5) is 62.5. The molecule has 0 spiro atoms. The molecule has 2 aromatic rings. The largest absolute Gasteiger partial charge is 0.449 e. The first kappa shape index (κ1) is 33.8. The highest BCUT2D eigenvalue weighted by atomic mass is 16.5. The Balaban J connectivity index is 1.22. The quantitative estimate of drug-likeness (QED) is 0.0847. The van der Waals surface area contributed by atoms with Crippen molar-refractivity contribution in [1.82, 2.24) is 15.7 Å². The number of fused-ring (bicyclic) bond motifs is 3. The number of nitrogens with one attached hydrogen (secondary N) is 2. The number of benzene rings is 2. The number of hydrogen-bond acceptors (Lipinski definition) is 7. The van der Waals surface area contributed by atoms with Gasteiger partial charge in [0.1, 0.15) is 12.5 Å². The smallest absolute Gasteiger partial charge is 0.407 e. The third-order valence-electron chi connectivity index (χ3n) is 8.68. The topological polar surface area (TPSA) is 142 Å². The Morgan fingerprint density at radius 3 is 2.13 bits per heavy atom. The number of hydrogen-bond donors (Lipinski definition) is 3. The zero-order valence-electron chi connectivity index (χ0n) is 26.1. The van der Waals surface area contributed by atoms with Gasteiger partial charge in [-0.3, -0.25) is 24.4 Å². The van der Waals surface area contributed by atoms with Crippen molar-refractivity contribution in [2.75, 3.05) is 13.2 Å². The van der Waals surface area contributed by atoms with Crippen LogP contribution < -0.4 is 10.6 Å². The summed E-state index contributed by atoms with van der Waals surface area (Å²) in [5.74, 6) is -4.02. The zero-order valence-corrected chi connectivity index (χ0v) is 26.1. The van der Waals surface area contributed by atoms with E-state index in [1.54, 1.807) is 0 Å². The molecule has 0 saturated carbocycles. The van der Waals surface area contributed by atoms with Crippen molar-refractivity contribution in [2.24, 2.45) is 5.92 Å². The third kappa shape index (κ3) is 9.00. The average molecular weight is 620 g/mol. The van der Waals surface area contributed by atoms with E-state index in [1.165, 1.54) is 19.3 Å². The van der Waals surface area contributed by atoms with Crippen molar-refractivity contribution < 1.29 is 33.9 Å². The van der Waals surface area contributed by atoms with Crippen molar-refractivity contribution in [3.05, 3.63) is 59.7 Å². The molecule has 4 rings (SSSR count). The molecule has 2 aliphatic rings. The van der Waals surface area contributed by atoms with Crippen LogP contribution in [0.15, 0.2) is 48.5 Å². The fraction of sp³-hybridized carbons (Fsp3) is 0.514. The van der Waals surface area contributed by atoms with E-state index in [9.17, 15) is 29.2 Å². The standard InChI is InChI=1S/C35H45N3O7/c1-2-3-4-5-6-7-8-20-31(39)37-30(33(41)28-22-32(40)38(44)34(28)42)19-13-14-21-36-35(43)45-23-29-26-17-11-9-15-24(26)25-16-10-12-18-27(25)29/h9-12,15-18,28-30,44H,2-8,13-14,19-23H2,1H3,(H,36,43)(H,37,39)/t28?,30-/m0/s1. The van der Waals surface area contributed by atoms with Gasteiger partial charge in [-0.1, -0.05) is 94.0 Å². The van der Waals surface area contributed by atoms with Gasteiger partial charge in [0.25, 0.3) is 11.8 Å². The number of ether oxygens (including phenoxy) is 1. The van der Waals surface area contributed by atoms with Crippen LogP contribution in [0, 0.1) is 5.92 Å². The van der Waals surface area contributed by atoms with Crippen LogP contribution in [0.1, 0.15) is 101 Å². The second kappa shape index (κ2) is 16.9. The first-order valence-electron chi connectivity index (χ1n) is 16.3. The van der Waals surface area contributed by atoms with Crippen LogP contribution in [0.2, 0.25) is 0 Å². The Kier molecular flexibility index (Phi) is 12.7. The minimum Gasteiger partial charge on any atom is -0.449 e. The van der Waals surface area contributed by atoms with Crippen molar-refractivity contribution in [1.29, 1.82) is 0 Å². The minimum absolute atomic E-state index is 0.0156. The van der Waals surface area contributed by atoms with E-state index in [0.717, 1.165) is 41.5 Å². The van der Waals surface area contributed by atoms with E-state index >= 15 is 0 Å². The van der Waals surface area contributed by atoms with Crippen molar-refractivity contribution in [2.45, 2.75) is 95.9 Å². The molecule has 1 heterocycles. The predicted octanol–water partition coefficient (Wildman–Crippen LogP) is 5.65. The van der Waals surface area contributed by atoms with Crippen LogP contribution in [0.4, 0.5) is 4.79 Å². The maximum absolute atomic E-state index is 13.2. The van der Waals surface area contributed by atoms with E-state index in [2.05, 4.69) is 41.8 Å². The molecule has 1 saturated heterocycles. The second-order valence-electron chi connectivity index (χ2n) is 11.9. The molecule has 1 fully saturated rings. The maximum atomic E-state index is 13.2. The number of unbranched alkanes of at least 4 members (excludes halogenated alkanes) is 7. The van der Waals surface area contributed by atoms with Crippen LogP contribution in [0.25, 0.3) is 11.1 Å². The summed E-state index contributed by atoms with van der Waals surface area (Å²) in [6, 6.07) is 15.2. The van der Waals surface area contributed by atoms with Crippen molar-refractivity contribution >= 4 is 29.6 Å². The molecule has 0 radical (unpaired) electrons. The van der Waals surface area contributed by atoms with Gasteiger partial charge < -0.3 is 15.4 Å². The predicted molar refractivity (Wildman–Crippen MR) is 168 cm³/mol.